The van der Waals surface area contributed by atoms with Gasteiger partial charge in [-0.1, -0.05) is 48.2 Å². The fourth-order valence-corrected chi connectivity index (χ4v) is 2.84. The molecule has 0 saturated heterocycles. The minimum atomic E-state index is 0.355. The van der Waals surface area contributed by atoms with Gasteiger partial charge in [0.05, 0.1) is 0 Å². The summed E-state index contributed by atoms with van der Waals surface area (Å²) in [6, 6.07) is 6.30. The number of benzene rings is 1. The molecule has 3 heteroatoms. The van der Waals surface area contributed by atoms with Gasteiger partial charge in [0.25, 0.3) is 0 Å². The summed E-state index contributed by atoms with van der Waals surface area (Å²) in [4.78, 5) is 0. The first-order valence-corrected chi connectivity index (χ1v) is 7.42. The number of ether oxygens (including phenoxy) is 2. The highest BCUT2D eigenvalue weighted by Gasteiger charge is 2.17. The first kappa shape index (κ1) is 12.7. The second-order valence-corrected chi connectivity index (χ2v) is 5.11. The quantitative estimate of drug-likeness (QED) is 0.570. The highest BCUT2D eigenvalue weighted by Crippen LogP contribution is 2.36. The molecule has 1 aromatic carbocycles. The van der Waals surface area contributed by atoms with E-state index in [1.165, 1.54) is 31.2 Å². The molecule has 1 heterocycles. The fraction of sp³-hybridized carbons (Fsp3) is 0.571. The van der Waals surface area contributed by atoms with Crippen LogP contribution in [0.25, 0.3) is 0 Å². The standard InChI is InChI=1S/C14H19BrO2/c1-2-3-4-5-12(9-15)11-6-7-13-14(8-11)17-10-16-13/h6-8,12H,2-5,9-10H2,1H3. The molecule has 2 rings (SSSR count). The van der Waals surface area contributed by atoms with Gasteiger partial charge in [-0.15, -0.1) is 0 Å². The van der Waals surface area contributed by atoms with Crippen molar-refractivity contribution in [3.8, 4) is 11.5 Å². The lowest BCUT2D eigenvalue weighted by molar-refractivity contribution is 0.174. The number of rotatable bonds is 6. The molecule has 94 valence electrons. The second kappa shape index (κ2) is 6.29. The Bertz CT molecular complexity index is 365. The molecule has 0 aromatic heterocycles. The van der Waals surface area contributed by atoms with Crippen LogP contribution < -0.4 is 9.47 Å². The predicted octanol–water partition coefficient (Wildman–Crippen LogP) is 4.47. The van der Waals surface area contributed by atoms with Crippen LogP contribution in [-0.4, -0.2) is 12.1 Å². The molecule has 17 heavy (non-hydrogen) atoms. The summed E-state index contributed by atoms with van der Waals surface area (Å²) in [5, 5.41) is 1.01. The van der Waals surface area contributed by atoms with E-state index < -0.39 is 0 Å². The van der Waals surface area contributed by atoms with E-state index in [0.29, 0.717) is 12.7 Å². The summed E-state index contributed by atoms with van der Waals surface area (Å²) in [6.07, 6.45) is 5.12. The average Bonchev–Trinajstić information content (AvgIpc) is 2.82. The highest BCUT2D eigenvalue weighted by atomic mass is 79.9. The Labute approximate surface area is 111 Å². The lowest BCUT2D eigenvalue weighted by Crippen LogP contribution is -2.00. The molecule has 1 atom stereocenters. The van der Waals surface area contributed by atoms with Crippen molar-refractivity contribution in [2.24, 2.45) is 0 Å². The van der Waals surface area contributed by atoms with Crippen LogP contribution in [0.3, 0.4) is 0 Å². The summed E-state index contributed by atoms with van der Waals surface area (Å²) in [5.41, 5.74) is 1.35. The molecule has 1 aliphatic heterocycles. The van der Waals surface area contributed by atoms with Gasteiger partial charge in [0.1, 0.15) is 0 Å². The highest BCUT2D eigenvalue weighted by molar-refractivity contribution is 9.09. The van der Waals surface area contributed by atoms with Crippen molar-refractivity contribution in [1.82, 2.24) is 0 Å². The Morgan fingerprint density at radius 2 is 2.06 bits per heavy atom. The van der Waals surface area contributed by atoms with Crippen molar-refractivity contribution in [2.75, 3.05) is 12.1 Å². The molecule has 0 saturated carbocycles. The van der Waals surface area contributed by atoms with Crippen LogP contribution in [0.2, 0.25) is 0 Å². The maximum Gasteiger partial charge on any atom is 0.231 e. The third kappa shape index (κ3) is 3.15. The third-order valence-electron chi connectivity index (χ3n) is 3.21. The van der Waals surface area contributed by atoms with Gasteiger partial charge >= 0.3 is 0 Å². The van der Waals surface area contributed by atoms with Crippen molar-refractivity contribution < 1.29 is 9.47 Å². The van der Waals surface area contributed by atoms with E-state index in [0.717, 1.165) is 16.8 Å². The van der Waals surface area contributed by atoms with E-state index in [4.69, 9.17) is 9.47 Å². The van der Waals surface area contributed by atoms with E-state index in [-0.39, 0.29) is 0 Å². The molecule has 1 aromatic rings. The summed E-state index contributed by atoms with van der Waals surface area (Å²) in [7, 11) is 0. The van der Waals surface area contributed by atoms with Crippen LogP contribution in [0.1, 0.15) is 44.1 Å². The number of halogens is 1. The molecule has 1 aliphatic rings. The molecule has 0 spiro atoms. The van der Waals surface area contributed by atoms with Crippen molar-refractivity contribution in [3.05, 3.63) is 23.8 Å². The van der Waals surface area contributed by atoms with E-state index in [1.807, 2.05) is 6.07 Å². The van der Waals surface area contributed by atoms with Crippen molar-refractivity contribution in [2.45, 2.75) is 38.5 Å². The SMILES string of the molecule is CCCCCC(CBr)c1ccc2c(c1)OCO2. The predicted molar refractivity (Wildman–Crippen MR) is 73.2 cm³/mol. The molecule has 0 amide bonds. The Hall–Kier alpha value is -0.700. The first-order valence-electron chi connectivity index (χ1n) is 6.30. The molecule has 0 bridgehead atoms. The number of hydrogen-bond acceptors (Lipinski definition) is 2. The number of alkyl halides is 1. The van der Waals surface area contributed by atoms with Crippen LogP contribution in [0.4, 0.5) is 0 Å². The summed E-state index contributed by atoms with van der Waals surface area (Å²) >= 11 is 3.61. The Balaban J connectivity index is 2.03. The summed E-state index contributed by atoms with van der Waals surface area (Å²) in [5.74, 6) is 2.34. The summed E-state index contributed by atoms with van der Waals surface area (Å²) in [6.45, 7) is 2.59. The van der Waals surface area contributed by atoms with E-state index in [9.17, 15) is 0 Å². The van der Waals surface area contributed by atoms with Gasteiger partial charge in [-0.25, -0.2) is 0 Å². The number of unbranched alkanes of at least 4 members (excludes halogenated alkanes) is 2. The van der Waals surface area contributed by atoms with Gasteiger partial charge in [0, 0.05) is 5.33 Å². The van der Waals surface area contributed by atoms with E-state index in [2.05, 4.69) is 35.0 Å². The monoisotopic (exact) mass is 298 g/mol. The molecule has 0 radical (unpaired) electrons. The molecule has 0 N–H and O–H groups in total. The van der Waals surface area contributed by atoms with Crippen LogP contribution in [0.5, 0.6) is 11.5 Å². The van der Waals surface area contributed by atoms with Crippen molar-refractivity contribution >= 4 is 15.9 Å². The molecule has 0 aliphatic carbocycles. The molecule has 0 fully saturated rings. The zero-order valence-electron chi connectivity index (χ0n) is 10.2. The van der Waals surface area contributed by atoms with Crippen molar-refractivity contribution in [1.29, 1.82) is 0 Å². The number of hydrogen-bond donors (Lipinski definition) is 0. The minimum absolute atomic E-state index is 0.355. The lowest BCUT2D eigenvalue weighted by Gasteiger charge is -2.14. The van der Waals surface area contributed by atoms with Crippen LogP contribution in [-0.2, 0) is 0 Å². The van der Waals surface area contributed by atoms with E-state index >= 15 is 0 Å². The van der Waals surface area contributed by atoms with E-state index in [1.54, 1.807) is 0 Å². The number of fused-ring (bicyclic) bond motifs is 1. The Morgan fingerprint density at radius 3 is 2.82 bits per heavy atom. The van der Waals surface area contributed by atoms with Gasteiger partial charge in [-0.05, 0) is 30.0 Å². The maximum absolute atomic E-state index is 5.42. The smallest absolute Gasteiger partial charge is 0.231 e. The minimum Gasteiger partial charge on any atom is -0.454 e. The zero-order chi connectivity index (χ0) is 12.1. The van der Waals surface area contributed by atoms with Gasteiger partial charge in [-0.3, -0.25) is 0 Å². The topological polar surface area (TPSA) is 18.5 Å². The Morgan fingerprint density at radius 1 is 1.24 bits per heavy atom. The van der Waals surface area contributed by atoms with Gasteiger partial charge < -0.3 is 9.47 Å². The molecule has 1 unspecified atom stereocenters. The molecular weight excluding hydrogens is 280 g/mol. The largest absolute Gasteiger partial charge is 0.454 e. The third-order valence-corrected chi connectivity index (χ3v) is 3.99. The Kier molecular flexibility index (Phi) is 4.72. The molecule has 2 nitrogen and oxygen atoms in total. The average molecular weight is 299 g/mol. The van der Waals surface area contributed by atoms with Crippen LogP contribution >= 0.6 is 15.9 Å². The zero-order valence-corrected chi connectivity index (χ0v) is 11.8. The van der Waals surface area contributed by atoms with Gasteiger partial charge in [0.15, 0.2) is 11.5 Å². The van der Waals surface area contributed by atoms with Crippen molar-refractivity contribution in [3.63, 3.8) is 0 Å². The van der Waals surface area contributed by atoms with Gasteiger partial charge in [-0.2, -0.15) is 0 Å². The second-order valence-electron chi connectivity index (χ2n) is 4.46. The summed E-state index contributed by atoms with van der Waals surface area (Å²) < 4.78 is 10.8. The van der Waals surface area contributed by atoms with Crippen LogP contribution in [0.15, 0.2) is 18.2 Å². The maximum atomic E-state index is 5.42. The fourth-order valence-electron chi connectivity index (χ4n) is 2.14. The normalized spacial score (nSPS) is 14.9. The molecular formula is C14H19BrO2. The van der Waals surface area contributed by atoms with Gasteiger partial charge in [0.2, 0.25) is 6.79 Å². The first-order chi connectivity index (χ1) is 8.35. The lowest BCUT2D eigenvalue weighted by atomic mass is 9.95. The van der Waals surface area contributed by atoms with Crippen LogP contribution in [0, 0.1) is 0 Å².